The van der Waals surface area contributed by atoms with Crippen LogP contribution in [0.5, 0.6) is 0 Å². The van der Waals surface area contributed by atoms with Crippen molar-refractivity contribution in [2.75, 3.05) is 23.3 Å². The fourth-order valence-corrected chi connectivity index (χ4v) is 7.45. The second-order valence-corrected chi connectivity index (χ2v) is 11.3. The van der Waals surface area contributed by atoms with E-state index in [0.717, 1.165) is 48.1 Å². The molecule has 0 spiro atoms. The van der Waals surface area contributed by atoms with Gasteiger partial charge < -0.3 is 10.1 Å². The molecule has 1 aromatic heterocycles. The van der Waals surface area contributed by atoms with E-state index in [-0.39, 0.29) is 4.90 Å². The Kier molecular flexibility index (Phi) is 5.91. The van der Waals surface area contributed by atoms with Gasteiger partial charge in [0.1, 0.15) is 5.00 Å². The first-order chi connectivity index (χ1) is 16.4. The number of fused-ring (bicyclic) bond motifs is 2. The average molecular weight is 497 g/mol. The van der Waals surface area contributed by atoms with E-state index in [2.05, 4.69) is 5.32 Å². The predicted octanol–water partition coefficient (Wildman–Crippen LogP) is 4.42. The largest absolute Gasteiger partial charge is 0.465 e. The van der Waals surface area contributed by atoms with Crippen LogP contribution in [-0.2, 0) is 34.0 Å². The second-order valence-electron chi connectivity index (χ2n) is 8.34. The highest BCUT2D eigenvalue weighted by molar-refractivity contribution is 7.92. The van der Waals surface area contributed by atoms with Gasteiger partial charge in [-0.05, 0) is 73.6 Å². The van der Waals surface area contributed by atoms with Crippen molar-refractivity contribution in [2.24, 2.45) is 0 Å². The molecule has 0 saturated carbocycles. The van der Waals surface area contributed by atoms with Crippen molar-refractivity contribution in [2.45, 2.75) is 37.0 Å². The highest BCUT2D eigenvalue weighted by Gasteiger charge is 2.30. The fourth-order valence-electron chi connectivity index (χ4n) is 4.64. The molecule has 9 heteroatoms. The molecule has 2 aromatic carbocycles. The van der Waals surface area contributed by atoms with Gasteiger partial charge in [0.05, 0.1) is 23.3 Å². The summed E-state index contributed by atoms with van der Waals surface area (Å²) in [4.78, 5) is 26.5. The minimum absolute atomic E-state index is 0.131. The highest BCUT2D eigenvalue weighted by atomic mass is 32.2. The molecule has 1 aliphatic heterocycles. The molecule has 3 aromatic rings. The molecular weight excluding hydrogens is 472 g/mol. The lowest BCUT2D eigenvalue weighted by atomic mass is 10.0. The number of methoxy groups -OCH3 is 1. The van der Waals surface area contributed by atoms with Gasteiger partial charge in [-0.1, -0.05) is 18.2 Å². The van der Waals surface area contributed by atoms with Crippen LogP contribution in [-0.4, -0.2) is 33.9 Å². The topological polar surface area (TPSA) is 92.8 Å². The summed E-state index contributed by atoms with van der Waals surface area (Å²) in [5.41, 5.74) is 3.41. The summed E-state index contributed by atoms with van der Waals surface area (Å²) >= 11 is 1.40. The van der Waals surface area contributed by atoms with Crippen molar-refractivity contribution in [1.82, 2.24) is 0 Å². The molecular formula is C25H24N2O5S2. The zero-order valence-corrected chi connectivity index (χ0v) is 20.3. The van der Waals surface area contributed by atoms with Crippen molar-refractivity contribution >= 4 is 43.9 Å². The van der Waals surface area contributed by atoms with Gasteiger partial charge in [-0.15, -0.1) is 11.3 Å². The summed E-state index contributed by atoms with van der Waals surface area (Å²) in [7, 11) is -2.43. The Hall–Kier alpha value is -3.17. The summed E-state index contributed by atoms with van der Waals surface area (Å²) in [5, 5.41) is 3.30. The SMILES string of the molecule is COC(=O)c1c(NC(=O)c2ccc(S(=O)(=O)N3CCCc4ccccc43)cc2)sc2c1CCC2. The first kappa shape index (κ1) is 22.6. The molecule has 34 heavy (non-hydrogen) atoms. The average Bonchev–Trinajstić information content (AvgIpc) is 3.44. The van der Waals surface area contributed by atoms with Crippen LogP contribution < -0.4 is 9.62 Å². The maximum absolute atomic E-state index is 13.3. The van der Waals surface area contributed by atoms with Gasteiger partial charge in [-0.25, -0.2) is 13.2 Å². The molecule has 1 N–H and O–H groups in total. The Morgan fingerprint density at radius 3 is 2.53 bits per heavy atom. The minimum atomic E-state index is -3.75. The summed E-state index contributed by atoms with van der Waals surface area (Å²) in [6.07, 6.45) is 4.26. The second kappa shape index (κ2) is 8.88. The standard InChI is InChI=1S/C25H24N2O5S2/c1-32-25(29)22-19-8-4-10-21(19)33-24(22)26-23(28)17-11-13-18(14-12-17)34(30,31)27-15-5-7-16-6-2-3-9-20(16)27/h2-3,6,9,11-14H,4-5,7-8,10,15H2,1H3,(H,26,28). The zero-order chi connectivity index (χ0) is 23.9. The van der Waals surface area contributed by atoms with Gasteiger partial charge in [0.15, 0.2) is 0 Å². The van der Waals surface area contributed by atoms with Crippen molar-refractivity contribution in [3.8, 4) is 0 Å². The lowest BCUT2D eigenvalue weighted by Gasteiger charge is -2.30. The van der Waals surface area contributed by atoms with Crippen LogP contribution in [0.2, 0.25) is 0 Å². The Morgan fingerprint density at radius 2 is 1.76 bits per heavy atom. The van der Waals surface area contributed by atoms with Crippen LogP contribution in [0.3, 0.4) is 0 Å². The third kappa shape index (κ3) is 3.88. The number of carbonyl (C=O) groups is 2. The summed E-state index contributed by atoms with van der Waals surface area (Å²) < 4.78 is 33.0. The van der Waals surface area contributed by atoms with E-state index in [1.165, 1.54) is 47.0 Å². The van der Waals surface area contributed by atoms with E-state index in [1.807, 2.05) is 24.3 Å². The molecule has 2 aliphatic rings. The van der Waals surface area contributed by atoms with Crippen molar-refractivity contribution in [1.29, 1.82) is 0 Å². The molecule has 0 atom stereocenters. The highest BCUT2D eigenvalue weighted by Crippen LogP contribution is 2.39. The first-order valence-electron chi connectivity index (χ1n) is 11.1. The predicted molar refractivity (Wildman–Crippen MR) is 131 cm³/mol. The lowest BCUT2D eigenvalue weighted by molar-refractivity contribution is 0.0601. The quantitative estimate of drug-likeness (QED) is 0.528. The number of anilines is 2. The van der Waals surface area contributed by atoms with Crippen molar-refractivity contribution < 1.29 is 22.7 Å². The van der Waals surface area contributed by atoms with Gasteiger partial charge >= 0.3 is 5.97 Å². The molecule has 176 valence electrons. The molecule has 0 saturated heterocycles. The Labute approximate surface area is 202 Å². The molecule has 2 heterocycles. The summed E-state index contributed by atoms with van der Waals surface area (Å²) in [6.45, 7) is 0.418. The normalized spacial score (nSPS) is 14.9. The van der Waals surface area contributed by atoms with Crippen LogP contribution in [0.15, 0.2) is 53.4 Å². The number of nitrogens with zero attached hydrogens (tertiary/aromatic N) is 1. The maximum Gasteiger partial charge on any atom is 0.341 e. The van der Waals surface area contributed by atoms with E-state index >= 15 is 0 Å². The number of hydrogen-bond donors (Lipinski definition) is 1. The third-order valence-electron chi connectivity index (χ3n) is 6.31. The maximum atomic E-state index is 13.3. The van der Waals surface area contributed by atoms with Gasteiger partial charge in [-0.2, -0.15) is 0 Å². The number of nitrogens with one attached hydrogen (secondary N) is 1. The molecule has 7 nitrogen and oxygen atoms in total. The molecule has 0 fully saturated rings. The number of hydrogen-bond acceptors (Lipinski definition) is 6. The van der Waals surface area contributed by atoms with Crippen LogP contribution in [0.4, 0.5) is 10.7 Å². The molecule has 5 rings (SSSR count). The Morgan fingerprint density at radius 1 is 1.00 bits per heavy atom. The number of amides is 1. The minimum Gasteiger partial charge on any atom is -0.465 e. The fraction of sp³-hybridized carbons (Fsp3) is 0.280. The Bertz CT molecular complexity index is 1380. The van der Waals surface area contributed by atoms with Crippen LogP contribution in [0.1, 0.15) is 49.6 Å². The van der Waals surface area contributed by atoms with E-state index in [1.54, 1.807) is 0 Å². The number of thiophene rings is 1. The molecule has 0 radical (unpaired) electrons. The zero-order valence-electron chi connectivity index (χ0n) is 18.7. The van der Waals surface area contributed by atoms with Crippen LogP contribution >= 0.6 is 11.3 Å². The molecule has 1 amide bonds. The van der Waals surface area contributed by atoms with Crippen LogP contribution in [0.25, 0.3) is 0 Å². The third-order valence-corrected chi connectivity index (χ3v) is 9.34. The number of esters is 1. The van der Waals surface area contributed by atoms with E-state index in [4.69, 9.17) is 4.74 Å². The van der Waals surface area contributed by atoms with Gasteiger partial charge in [0.2, 0.25) is 0 Å². The number of ether oxygens (including phenoxy) is 1. The number of carbonyl (C=O) groups excluding carboxylic acids is 2. The number of sulfonamides is 1. The smallest absolute Gasteiger partial charge is 0.341 e. The summed E-state index contributed by atoms with van der Waals surface area (Å²) in [6, 6.07) is 13.4. The first-order valence-corrected chi connectivity index (χ1v) is 13.4. The number of aryl methyl sites for hydroxylation is 2. The molecule has 1 aliphatic carbocycles. The van der Waals surface area contributed by atoms with Gasteiger partial charge in [0, 0.05) is 17.0 Å². The Balaban J connectivity index is 1.38. The summed E-state index contributed by atoms with van der Waals surface area (Å²) in [5.74, 6) is -0.865. The number of rotatable bonds is 5. The monoisotopic (exact) mass is 496 g/mol. The molecule has 0 unspecified atom stereocenters. The number of para-hydroxylation sites is 1. The van der Waals surface area contributed by atoms with Gasteiger partial charge in [-0.3, -0.25) is 9.10 Å². The van der Waals surface area contributed by atoms with Crippen molar-refractivity contribution in [3.63, 3.8) is 0 Å². The van der Waals surface area contributed by atoms with E-state index in [9.17, 15) is 18.0 Å². The lowest BCUT2D eigenvalue weighted by Crippen LogP contribution is -2.35. The van der Waals surface area contributed by atoms with E-state index < -0.39 is 21.9 Å². The molecule has 0 bridgehead atoms. The number of benzene rings is 2. The van der Waals surface area contributed by atoms with E-state index in [0.29, 0.717) is 28.4 Å². The van der Waals surface area contributed by atoms with Crippen LogP contribution in [0, 0.1) is 0 Å². The van der Waals surface area contributed by atoms with Gasteiger partial charge in [0.25, 0.3) is 15.9 Å². The van der Waals surface area contributed by atoms with Crippen molar-refractivity contribution in [3.05, 3.63) is 75.7 Å².